The summed E-state index contributed by atoms with van der Waals surface area (Å²) in [6.45, 7) is 12.6. The lowest BCUT2D eigenvalue weighted by Gasteiger charge is -2.38. The van der Waals surface area contributed by atoms with Crippen LogP contribution in [0.5, 0.6) is 0 Å². The van der Waals surface area contributed by atoms with Gasteiger partial charge in [0, 0.05) is 47.2 Å². The Kier molecular flexibility index (Phi) is 9.64. The molecule has 0 unspecified atom stereocenters. The first-order valence-corrected chi connectivity index (χ1v) is 16.3. The second kappa shape index (κ2) is 13.1. The number of hydrogen-bond acceptors (Lipinski definition) is 4. The number of nitrogens with zero attached hydrogens (tertiary/aromatic N) is 3. The lowest BCUT2D eigenvalue weighted by atomic mass is 9.83. The van der Waals surface area contributed by atoms with Crippen molar-refractivity contribution in [1.29, 1.82) is 0 Å². The fraction of sp³-hybridized carbons (Fsp3) is 0.571. The molecule has 2 aliphatic heterocycles. The van der Waals surface area contributed by atoms with E-state index in [1.165, 1.54) is 11.1 Å². The van der Waals surface area contributed by atoms with Crippen molar-refractivity contribution in [2.24, 2.45) is 16.8 Å². The summed E-state index contributed by atoms with van der Waals surface area (Å²) in [6, 6.07) is 12.4. The minimum absolute atomic E-state index is 0.0235. The van der Waals surface area contributed by atoms with Crippen molar-refractivity contribution < 1.29 is 14.7 Å². The van der Waals surface area contributed by atoms with E-state index in [0.29, 0.717) is 22.9 Å². The molecule has 2 heterocycles. The predicted octanol–water partition coefficient (Wildman–Crippen LogP) is 6.32. The number of rotatable bonds is 7. The highest BCUT2D eigenvalue weighted by atomic mass is 35.5. The lowest BCUT2D eigenvalue weighted by molar-refractivity contribution is -0.126. The summed E-state index contributed by atoms with van der Waals surface area (Å²) in [5.74, 6) is 0.993. The van der Waals surface area contributed by atoms with Gasteiger partial charge in [0.05, 0.1) is 5.60 Å². The maximum absolute atomic E-state index is 13.4. The van der Waals surface area contributed by atoms with Crippen LogP contribution < -0.4 is 10.2 Å². The molecule has 2 aromatic carbocycles. The topological polar surface area (TPSA) is 85.2 Å². The van der Waals surface area contributed by atoms with E-state index in [2.05, 4.69) is 33.3 Å². The molecule has 1 saturated heterocycles. The highest BCUT2D eigenvalue weighted by Crippen LogP contribution is 2.38. The first-order valence-electron chi connectivity index (χ1n) is 15.9. The number of aryl methyl sites for hydroxylation is 1. The van der Waals surface area contributed by atoms with Crippen molar-refractivity contribution in [3.63, 3.8) is 0 Å². The Balaban J connectivity index is 1.38. The number of halogens is 1. The van der Waals surface area contributed by atoms with Crippen LogP contribution >= 0.6 is 11.6 Å². The van der Waals surface area contributed by atoms with Gasteiger partial charge in [-0.2, -0.15) is 4.99 Å². The highest BCUT2D eigenvalue weighted by Gasteiger charge is 2.37. The van der Waals surface area contributed by atoms with Gasteiger partial charge in [-0.05, 0) is 133 Å². The van der Waals surface area contributed by atoms with Gasteiger partial charge in [-0.3, -0.25) is 14.5 Å². The maximum Gasteiger partial charge on any atom is 0.278 e. The van der Waals surface area contributed by atoms with E-state index < -0.39 is 5.60 Å². The van der Waals surface area contributed by atoms with Crippen molar-refractivity contribution in [3.8, 4) is 0 Å². The summed E-state index contributed by atoms with van der Waals surface area (Å²) in [7, 11) is 0. The number of carbonyl (C=O) groups excluding carboxylic acids is 2. The van der Waals surface area contributed by atoms with Crippen molar-refractivity contribution in [1.82, 2.24) is 10.2 Å². The average Bonchev–Trinajstić information content (AvgIpc) is 3.29. The third kappa shape index (κ3) is 7.68. The van der Waals surface area contributed by atoms with Crippen LogP contribution in [0.4, 0.5) is 5.69 Å². The second-order valence-electron chi connectivity index (χ2n) is 13.7. The first-order chi connectivity index (χ1) is 20.4. The van der Waals surface area contributed by atoms with E-state index in [4.69, 9.17) is 16.6 Å². The van der Waals surface area contributed by atoms with Gasteiger partial charge in [0.2, 0.25) is 5.91 Å². The fourth-order valence-corrected chi connectivity index (χ4v) is 7.36. The van der Waals surface area contributed by atoms with Crippen LogP contribution in [0.25, 0.3) is 0 Å². The van der Waals surface area contributed by atoms with Gasteiger partial charge in [-0.25, -0.2) is 0 Å². The molecule has 1 saturated carbocycles. The number of anilines is 1. The molecule has 232 valence electrons. The SMILES string of the molecule is Cc1cc(Cl)cc(C(=O)N=C2Cc3ccc(CN4CCC(C(C)(C)O)CC4)cc3N2C2CCC(C(=O)NC(C)C)CC2)c1. The number of likely N-dealkylation sites (tertiary alicyclic amines) is 1. The number of aliphatic imine (C=N–C) groups is 1. The van der Waals surface area contributed by atoms with Crippen LogP contribution in [-0.4, -0.2) is 58.4 Å². The summed E-state index contributed by atoms with van der Waals surface area (Å²) in [5, 5.41) is 14.1. The zero-order valence-corrected chi connectivity index (χ0v) is 27.1. The molecule has 0 spiro atoms. The van der Waals surface area contributed by atoms with E-state index in [1.54, 1.807) is 6.07 Å². The molecule has 2 N–H and O–H groups in total. The summed E-state index contributed by atoms with van der Waals surface area (Å²) >= 11 is 6.27. The van der Waals surface area contributed by atoms with E-state index in [1.807, 2.05) is 46.8 Å². The van der Waals surface area contributed by atoms with Crippen molar-refractivity contribution in [2.75, 3.05) is 18.0 Å². The van der Waals surface area contributed by atoms with E-state index in [0.717, 1.165) is 75.2 Å². The molecule has 5 rings (SSSR count). The number of benzene rings is 2. The quantitative estimate of drug-likeness (QED) is 0.385. The van der Waals surface area contributed by atoms with Crippen LogP contribution in [0.15, 0.2) is 41.4 Å². The van der Waals surface area contributed by atoms with Gasteiger partial charge in [-0.15, -0.1) is 0 Å². The summed E-state index contributed by atoms with van der Waals surface area (Å²) in [5.41, 5.74) is 4.35. The molecule has 8 heteroatoms. The molecular formula is C35H47ClN4O3. The molecular weight excluding hydrogens is 560 g/mol. The number of piperidine rings is 1. The molecule has 2 aromatic rings. The highest BCUT2D eigenvalue weighted by molar-refractivity contribution is 6.31. The molecule has 0 atom stereocenters. The Labute approximate surface area is 261 Å². The largest absolute Gasteiger partial charge is 0.390 e. The van der Waals surface area contributed by atoms with Gasteiger partial charge >= 0.3 is 0 Å². The number of amides is 2. The number of aliphatic hydroxyl groups is 1. The smallest absolute Gasteiger partial charge is 0.278 e. The Morgan fingerprint density at radius 1 is 1.05 bits per heavy atom. The van der Waals surface area contributed by atoms with Crippen molar-refractivity contribution in [3.05, 3.63) is 63.7 Å². The van der Waals surface area contributed by atoms with Crippen LogP contribution in [0.2, 0.25) is 5.02 Å². The van der Waals surface area contributed by atoms with Gasteiger partial charge in [0.1, 0.15) is 5.84 Å². The average molecular weight is 607 g/mol. The Bertz CT molecular complexity index is 1350. The zero-order valence-electron chi connectivity index (χ0n) is 26.3. The van der Waals surface area contributed by atoms with Crippen LogP contribution in [0.3, 0.4) is 0 Å². The molecule has 3 aliphatic rings. The van der Waals surface area contributed by atoms with Crippen molar-refractivity contribution >= 4 is 34.9 Å². The number of hydrogen-bond donors (Lipinski definition) is 2. The zero-order chi connectivity index (χ0) is 30.9. The molecule has 43 heavy (non-hydrogen) atoms. The third-order valence-electron chi connectivity index (χ3n) is 9.41. The predicted molar refractivity (Wildman–Crippen MR) is 174 cm³/mol. The molecule has 1 aliphatic carbocycles. The van der Waals surface area contributed by atoms with Crippen LogP contribution in [0.1, 0.15) is 93.3 Å². The van der Waals surface area contributed by atoms with Crippen LogP contribution in [0, 0.1) is 18.8 Å². The van der Waals surface area contributed by atoms with Crippen LogP contribution in [-0.2, 0) is 17.8 Å². The Morgan fingerprint density at radius 3 is 2.37 bits per heavy atom. The van der Waals surface area contributed by atoms with Gasteiger partial charge in [0.15, 0.2) is 0 Å². The summed E-state index contributed by atoms with van der Waals surface area (Å²) in [4.78, 5) is 35.6. The summed E-state index contributed by atoms with van der Waals surface area (Å²) in [6.07, 6.45) is 5.97. The third-order valence-corrected chi connectivity index (χ3v) is 9.63. The van der Waals surface area contributed by atoms with Gasteiger partial charge in [-0.1, -0.05) is 23.7 Å². The normalized spacial score (nSPS) is 22.7. The van der Waals surface area contributed by atoms with Crippen molar-refractivity contribution in [2.45, 2.75) is 104 Å². The molecule has 0 radical (unpaired) electrons. The molecule has 7 nitrogen and oxygen atoms in total. The standard InChI is InChI=1S/C35H47ClN4O3/c1-22(2)37-33(41)25-8-10-30(11-9-25)40-31-18-24(21-39-14-12-28(13-15-39)35(4,5)43)6-7-26(31)20-32(40)38-34(42)27-16-23(3)17-29(36)19-27/h6-7,16-19,22,25,28,30,43H,8-15,20-21H2,1-5H3,(H,37,41). The Hall–Kier alpha value is -2.74. The lowest BCUT2D eigenvalue weighted by Crippen LogP contribution is -2.44. The molecule has 2 fully saturated rings. The Morgan fingerprint density at radius 2 is 1.74 bits per heavy atom. The minimum atomic E-state index is -0.633. The van der Waals surface area contributed by atoms with Gasteiger partial charge in [0.25, 0.3) is 5.91 Å². The van der Waals surface area contributed by atoms with E-state index >= 15 is 0 Å². The van der Waals surface area contributed by atoms with Gasteiger partial charge < -0.3 is 15.3 Å². The monoisotopic (exact) mass is 606 g/mol. The number of nitrogens with one attached hydrogen (secondary N) is 1. The first kappa shape index (κ1) is 31.7. The second-order valence-corrected chi connectivity index (χ2v) is 14.2. The maximum atomic E-state index is 13.4. The van der Waals surface area contributed by atoms with E-state index in [-0.39, 0.29) is 29.8 Å². The van der Waals surface area contributed by atoms with E-state index in [9.17, 15) is 14.7 Å². The molecule has 2 amide bonds. The minimum Gasteiger partial charge on any atom is -0.390 e. The number of carbonyl (C=O) groups is 2. The fourth-order valence-electron chi connectivity index (χ4n) is 7.07. The molecule has 0 bridgehead atoms. The summed E-state index contributed by atoms with van der Waals surface area (Å²) < 4.78 is 0. The number of fused-ring (bicyclic) bond motifs is 1. The molecule has 0 aromatic heterocycles. The number of amidine groups is 1.